The molecule has 0 unspecified atom stereocenters. The van der Waals surface area contributed by atoms with E-state index in [9.17, 15) is 0 Å². The summed E-state index contributed by atoms with van der Waals surface area (Å²) in [6.45, 7) is 3.35. The number of benzene rings is 1. The van der Waals surface area contributed by atoms with Crippen LogP contribution in [0.25, 0.3) is 0 Å². The van der Waals surface area contributed by atoms with Gasteiger partial charge < -0.3 is 9.64 Å². The summed E-state index contributed by atoms with van der Waals surface area (Å²) >= 11 is 1.74. The van der Waals surface area contributed by atoms with Crippen LogP contribution in [0.5, 0.6) is 0 Å². The highest BCUT2D eigenvalue weighted by molar-refractivity contribution is 7.98. The predicted molar refractivity (Wildman–Crippen MR) is 81.1 cm³/mol. The molecule has 0 spiro atoms. The van der Waals surface area contributed by atoms with Crippen molar-refractivity contribution in [2.75, 3.05) is 31.2 Å². The molecule has 1 saturated heterocycles. The molecule has 4 nitrogen and oxygen atoms in total. The summed E-state index contributed by atoms with van der Waals surface area (Å²) in [5.74, 6) is 1.93. The Morgan fingerprint density at radius 3 is 2.70 bits per heavy atom. The molecule has 2 heterocycles. The van der Waals surface area contributed by atoms with Crippen LogP contribution in [-0.4, -0.2) is 36.3 Å². The van der Waals surface area contributed by atoms with Crippen molar-refractivity contribution in [3.05, 3.63) is 48.3 Å². The Balaban J connectivity index is 1.65. The fourth-order valence-electron chi connectivity index (χ4n) is 2.11. The number of thioether (sulfide) groups is 1. The van der Waals surface area contributed by atoms with E-state index < -0.39 is 0 Å². The van der Waals surface area contributed by atoms with Gasteiger partial charge in [-0.2, -0.15) is 0 Å². The minimum atomic E-state index is 0.774. The van der Waals surface area contributed by atoms with E-state index in [1.54, 1.807) is 18.1 Å². The summed E-state index contributed by atoms with van der Waals surface area (Å²) in [5.41, 5.74) is 1.31. The molecule has 5 heteroatoms. The molecule has 0 radical (unpaired) electrons. The van der Waals surface area contributed by atoms with Crippen LogP contribution in [0.4, 0.5) is 5.82 Å². The van der Waals surface area contributed by atoms with Gasteiger partial charge in [0.1, 0.15) is 17.2 Å². The number of anilines is 1. The SMILES string of the molecule is c1ccc(CSc2cc(N3CCOCC3)ncn2)cc1. The highest BCUT2D eigenvalue weighted by Crippen LogP contribution is 2.23. The Labute approximate surface area is 123 Å². The molecule has 20 heavy (non-hydrogen) atoms. The van der Waals surface area contributed by atoms with Gasteiger partial charge in [0.2, 0.25) is 0 Å². The molecule has 1 aromatic carbocycles. The highest BCUT2D eigenvalue weighted by Gasteiger charge is 2.13. The summed E-state index contributed by atoms with van der Waals surface area (Å²) in [4.78, 5) is 11.0. The van der Waals surface area contributed by atoms with Gasteiger partial charge in [-0.25, -0.2) is 9.97 Å². The number of hydrogen-bond donors (Lipinski definition) is 0. The third kappa shape index (κ3) is 3.49. The van der Waals surface area contributed by atoms with Crippen LogP contribution in [0.1, 0.15) is 5.56 Å². The van der Waals surface area contributed by atoms with Crippen molar-refractivity contribution in [2.45, 2.75) is 10.8 Å². The maximum Gasteiger partial charge on any atom is 0.133 e. The molecule has 1 aliphatic heterocycles. The van der Waals surface area contributed by atoms with Crippen LogP contribution >= 0.6 is 11.8 Å². The first-order valence-electron chi connectivity index (χ1n) is 6.73. The van der Waals surface area contributed by atoms with Gasteiger partial charge in [0.15, 0.2) is 0 Å². The van der Waals surface area contributed by atoms with Crippen molar-refractivity contribution in [3.8, 4) is 0 Å². The molecular formula is C15H17N3OS. The lowest BCUT2D eigenvalue weighted by Crippen LogP contribution is -2.36. The minimum absolute atomic E-state index is 0.774. The predicted octanol–water partition coefficient (Wildman–Crippen LogP) is 2.61. The summed E-state index contributed by atoms with van der Waals surface area (Å²) < 4.78 is 5.37. The largest absolute Gasteiger partial charge is 0.378 e. The number of nitrogens with zero attached hydrogens (tertiary/aromatic N) is 3. The van der Waals surface area contributed by atoms with Gasteiger partial charge in [0, 0.05) is 24.9 Å². The van der Waals surface area contributed by atoms with E-state index in [0.717, 1.165) is 42.9 Å². The van der Waals surface area contributed by atoms with Crippen molar-refractivity contribution in [1.82, 2.24) is 9.97 Å². The van der Waals surface area contributed by atoms with E-state index in [4.69, 9.17) is 4.74 Å². The van der Waals surface area contributed by atoms with E-state index in [1.165, 1.54) is 5.56 Å². The maximum absolute atomic E-state index is 5.37. The van der Waals surface area contributed by atoms with Crippen LogP contribution in [-0.2, 0) is 10.5 Å². The summed E-state index contributed by atoms with van der Waals surface area (Å²) in [6.07, 6.45) is 1.65. The highest BCUT2D eigenvalue weighted by atomic mass is 32.2. The fourth-order valence-corrected chi connectivity index (χ4v) is 2.92. The Morgan fingerprint density at radius 2 is 1.90 bits per heavy atom. The van der Waals surface area contributed by atoms with Crippen LogP contribution in [0.3, 0.4) is 0 Å². The summed E-state index contributed by atoms with van der Waals surface area (Å²) in [7, 11) is 0. The molecule has 1 aromatic heterocycles. The quantitative estimate of drug-likeness (QED) is 0.638. The van der Waals surface area contributed by atoms with Crippen LogP contribution in [0.2, 0.25) is 0 Å². The molecule has 3 rings (SSSR count). The third-order valence-corrected chi connectivity index (χ3v) is 4.19. The Hall–Kier alpha value is -1.59. The van der Waals surface area contributed by atoms with E-state index >= 15 is 0 Å². The Bertz CT molecular complexity index is 544. The second-order valence-corrected chi connectivity index (χ2v) is 5.58. The van der Waals surface area contributed by atoms with Crippen molar-refractivity contribution in [3.63, 3.8) is 0 Å². The van der Waals surface area contributed by atoms with Gasteiger partial charge in [0.05, 0.1) is 13.2 Å². The van der Waals surface area contributed by atoms with E-state index in [-0.39, 0.29) is 0 Å². The molecule has 0 bridgehead atoms. The molecule has 104 valence electrons. The Morgan fingerprint density at radius 1 is 1.10 bits per heavy atom. The van der Waals surface area contributed by atoms with Crippen molar-refractivity contribution < 1.29 is 4.74 Å². The first kappa shape index (κ1) is 13.4. The number of hydrogen-bond acceptors (Lipinski definition) is 5. The topological polar surface area (TPSA) is 38.2 Å². The molecule has 0 N–H and O–H groups in total. The number of rotatable bonds is 4. The number of morpholine rings is 1. The molecule has 0 amide bonds. The van der Waals surface area contributed by atoms with Crippen LogP contribution in [0.15, 0.2) is 47.8 Å². The molecule has 0 atom stereocenters. The number of aromatic nitrogens is 2. The molecular weight excluding hydrogens is 270 g/mol. The normalized spacial score (nSPS) is 15.3. The van der Waals surface area contributed by atoms with E-state index in [0.29, 0.717) is 0 Å². The van der Waals surface area contributed by atoms with Gasteiger partial charge in [-0.1, -0.05) is 30.3 Å². The second-order valence-electron chi connectivity index (χ2n) is 4.59. The average Bonchev–Trinajstić information content (AvgIpc) is 2.55. The number of ether oxygens (including phenoxy) is 1. The zero-order valence-electron chi connectivity index (χ0n) is 11.2. The molecule has 0 saturated carbocycles. The van der Waals surface area contributed by atoms with Gasteiger partial charge in [-0.15, -0.1) is 11.8 Å². The van der Waals surface area contributed by atoms with Gasteiger partial charge in [-0.3, -0.25) is 0 Å². The molecule has 1 aliphatic rings. The fraction of sp³-hybridized carbons (Fsp3) is 0.333. The third-order valence-electron chi connectivity index (χ3n) is 3.19. The monoisotopic (exact) mass is 287 g/mol. The lowest BCUT2D eigenvalue weighted by atomic mass is 10.2. The zero-order valence-corrected chi connectivity index (χ0v) is 12.1. The summed E-state index contributed by atoms with van der Waals surface area (Å²) in [5, 5.41) is 1.02. The van der Waals surface area contributed by atoms with Gasteiger partial charge >= 0.3 is 0 Å². The smallest absolute Gasteiger partial charge is 0.133 e. The first-order chi connectivity index (χ1) is 9.92. The Kier molecular flexibility index (Phi) is 4.50. The lowest BCUT2D eigenvalue weighted by molar-refractivity contribution is 0.122. The standard InChI is InChI=1S/C15H17N3OS/c1-2-4-13(5-3-1)11-20-15-10-14(16-12-17-15)18-6-8-19-9-7-18/h1-5,10,12H,6-9,11H2. The molecule has 2 aromatic rings. The van der Waals surface area contributed by atoms with Gasteiger partial charge in [-0.05, 0) is 5.56 Å². The van der Waals surface area contributed by atoms with Gasteiger partial charge in [0.25, 0.3) is 0 Å². The van der Waals surface area contributed by atoms with Crippen molar-refractivity contribution >= 4 is 17.6 Å². The zero-order chi connectivity index (χ0) is 13.6. The van der Waals surface area contributed by atoms with E-state index in [2.05, 4.69) is 45.2 Å². The first-order valence-corrected chi connectivity index (χ1v) is 7.72. The molecule has 1 fully saturated rings. The van der Waals surface area contributed by atoms with Crippen LogP contribution in [0, 0.1) is 0 Å². The minimum Gasteiger partial charge on any atom is -0.378 e. The van der Waals surface area contributed by atoms with Crippen molar-refractivity contribution in [1.29, 1.82) is 0 Å². The maximum atomic E-state index is 5.37. The summed E-state index contributed by atoms with van der Waals surface area (Å²) in [6, 6.07) is 12.5. The lowest BCUT2D eigenvalue weighted by Gasteiger charge is -2.27. The molecule has 0 aliphatic carbocycles. The van der Waals surface area contributed by atoms with E-state index in [1.807, 2.05) is 6.07 Å². The average molecular weight is 287 g/mol. The van der Waals surface area contributed by atoms with Crippen molar-refractivity contribution in [2.24, 2.45) is 0 Å². The second kappa shape index (κ2) is 6.72. The van der Waals surface area contributed by atoms with Crippen LogP contribution < -0.4 is 4.90 Å².